The fourth-order valence-electron chi connectivity index (χ4n) is 2.63. The van der Waals surface area contributed by atoms with Crippen molar-refractivity contribution in [2.24, 2.45) is 5.92 Å². The summed E-state index contributed by atoms with van der Waals surface area (Å²) in [5.74, 6) is 1.17. The molecule has 0 spiro atoms. The first-order valence-electron chi connectivity index (χ1n) is 6.30. The SMILES string of the molecule is CC1CCCN(C(C)c2cc(Br)ccc2O)C1. The van der Waals surface area contributed by atoms with E-state index in [4.69, 9.17) is 0 Å². The van der Waals surface area contributed by atoms with Crippen molar-refractivity contribution in [3.8, 4) is 5.75 Å². The second-order valence-electron chi connectivity index (χ2n) is 5.12. The van der Waals surface area contributed by atoms with Crippen LogP contribution in [0.4, 0.5) is 0 Å². The van der Waals surface area contributed by atoms with E-state index in [-0.39, 0.29) is 6.04 Å². The molecule has 1 saturated heterocycles. The number of hydrogen-bond donors (Lipinski definition) is 1. The molecule has 1 aliphatic heterocycles. The van der Waals surface area contributed by atoms with E-state index in [9.17, 15) is 5.11 Å². The topological polar surface area (TPSA) is 23.5 Å². The Morgan fingerprint density at radius 3 is 2.94 bits per heavy atom. The van der Waals surface area contributed by atoms with Crippen LogP contribution in [0, 0.1) is 5.92 Å². The van der Waals surface area contributed by atoms with Crippen LogP contribution in [0.25, 0.3) is 0 Å². The van der Waals surface area contributed by atoms with Gasteiger partial charge in [0, 0.05) is 22.6 Å². The molecule has 1 N–H and O–H groups in total. The second-order valence-corrected chi connectivity index (χ2v) is 6.04. The van der Waals surface area contributed by atoms with E-state index in [1.54, 1.807) is 6.07 Å². The van der Waals surface area contributed by atoms with E-state index in [1.165, 1.54) is 12.8 Å². The van der Waals surface area contributed by atoms with Crippen LogP contribution in [0.5, 0.6) is 5.75 Å². The lowest BCUT2D eigenvalue weighted by Crippen LogP contribution is -2.36. The van der Waals surface area contributed by atoms with Crippen LogP contribution in [-0.2, 0) is 0 Å². The average molecular weight is 298 g/mol. The third-order valence-electron chi connectivity index (χ3n) is 3.68. The summed E-state index contributed by atoms with van der Waals surface area (Å²) in [6.45, 7) is 6.75. The van der Waals surface area contributed by atoms with Crippen molar-refractivity contribution >= 4 is 15.9 Å². The molecule has 0 aliphatic carbocycles. The molecule has 94 valence electrons. The Morgan fingerprint density at radius 1 is 1.47 bits per heavy atom. The Hall–Kier alpha value is -0.540. The van der Waals surface area contributed by atoms with Crippen molar-refractivity contribution in [1.29, 1.82) is 0 Å². The molecule has 0 saturated carbocycles. The van der Waals surface area contributed by atoms with E-state index < -0.39 is 0 Å². The molecule has 0 aromatic heterocycles. The van der Waals surface area contributed by atoms with Gasteiger partial charge in [-0.1, -0.05) is 22.9 Å². The quantitative estimate of drug-likeness (QED) is 0.893. The van der Waals surface area contributed by atoms with Gasteiger partial charge in [-0.25, -0.2) is 0 Å². The number of rotatable bonds is 2. The van der Waals surface area contributed by atoms with Crippen molar-refractivity contribution in [3.63, 3.8) is 0 Å². The number of hydrogen-bond acceptors (Lipinski definition) is 2. The molecule has 1 aliphatic rings. The van der Waals surface area contributed by atoms with Crippen molar-refractivity contribution in [2.75, 3.05) is 13.1 Å². The molecule has 1 aromatic rings. The summed E-state index contributed by atoms with van der Waals surface area (Å²) in [6, 6.07) is 5.96. The number of likely N-dealkylation sites (tertiary alicyclic amines) is 1. The van der Waals surface area contributed by atoms with Crippen LogP contribution >= 0.6 is 15.9 Å². The predicted molar refractivity (Wildman–Crippen MR) is 74.2 cm³/mol. The maximum Gasteiger partial charge on any atom is 0.120 e. The lowest BCUT2D eigenvalue weighted by molar-refractivity contribution is 0.137. The van der Waals surface area contributed by atoms with E-state index in [0.717, 1.165) is 29.0 Å². The fraction of sp³-hybridized carbons (Fsp3) is 0.571. The highest BCUT2D eigenvalue weighted by atomic mass is 79.9. The zero-order valence-electron chi connectivity index (χ0n) is 10.5. The van der Waals surface area contributed by atoms with Crippen LogP contribution in [0.2, 0.25) is 0 Å². The Bertz CT molecular complexity index is 394. The summed E-state index contributed by atoms with van der Waals surface area (Å²) in [6.07, 6.45) is 2.59. The Balaban J connectivity index is 2.18. The van der Waals surface area contributed by atoms with Crippen LogP contribution in [0.1, 0.15) is 38.3 Å². The van der Waals surface area contributed by atoms with Gasteiger partial charge < -0.3 is 5.11 Å². The maximum atomic E-state index is 9.95. The maximum absolute atomic E-state index is 9.95. The lowest BCUT2D eigenvalue weighted by atomic mass is 9.96. The monoisotopic (exact) mass is 297 g/mol. The molecule has 17 heavy (non-hydrogen) atoms. The Labute approximate surface area is 112 Å². The van der Waals surface area contributed by atoms with Crippen molar-refractivity contribution in [2.45, 2.75) is 32.7 Å². The van der Waals surface area contributed by atoms with Crippen molar-refractivity contribution < 1.29 is 5.11 Å². The Kier molecular flexibility index (Phi) is 4.10. The number of phenols is 1. The zero-order chi connectivity index (χ0) is 12.4. The molecule has 0 radical (unpaired) electrons. The Morgan fingerprint density at radius 2 is 2.24 bits per heavy atom. The molecular weight excluding hydrogens is 278 g/mol. The standard InChI is InChI=1S/C14H20BrNO/c1-10-4-3-7-16(9-10)11(2)13-8-12(15)5-6-14(13)17/h5-6,8,10-11,17H,3-4,7,9H2,1-2H3. The van der Waals surface area contributed by atoms with Gasteiger partial charge in [-0.05, 0) is 50.4 Å². The third-order valence-corrected chi connectivity index (χ3v) is 4.17. The minimum Gasteiger partial charge on any atom is -0.508 e. The number of halogens is 1. The molecule has 2 nitrogen and oxygen atoms in total. The summed E-state index contributed by atoms with van der Waals surface area (Å²) in [7, 11) is 0. The third kappa shape index (κ3) is 3.02. The van der Waals surface area contributed by atoms with E-state index in [2.05, 4.69) is 34.7 Å². The highest BCUT2D eigenvalue weighted by Crippen LogP contribution is 2.33. The first-order chi connectivity index (χ1) is 8.08. The van der Waals surface area contributed by atoms with Crippen LogP contribution < -0.4 is 0 Å². The van der Waals surface area contributed by atoms with Crippen molar-refractivity contribution in [1.82, 2.24) is 4.90 Å². The van der Waals surface area contributed by atoms with Crippen LogP contribution in [0.15, 0.2) is 22.7 Å². The summed E-state index contributed by atoms with van der Waals surface area (Å²) in [5, 5.41) is 9.95. The number of phenolic OH excluding ortho intramolecular Hbond substituents is 1. The smallest absolute Gasteiger partial charge is 0.120 e. The normalized spacial score (nSPS) is 23.6. The fourth-order valence-corrected chi connectivity index (χ4v) is 3.01. The number of aromatic hydroxyl groups is 1. The molecule has 2 atom stereocenters. The average Bonchev–Trinajstić information content (AvgIpc) is 2.31. The van der Waals surface area contributed by atoms with Gasteiger partial charge in [0.15, 0.2) is 0 Å². The number of benzene rings is 1. The minimum atomic E-state index is 0.287. The molecule has 3 heteroatoms. The van der Waals surface area contributed by atoms with Gasteiger partial charge in [-0.3, -0.25) is 4.90 Å². The highest BCUT2D eigenvalue weighted by molar-refractivity contribution is 9.10. The van der Waals surface area contributed by atoms with Gasteiger partial charge in [0.05, 0.1) is 0 Å². The summed E-state index contributed by atoms with van der Waals surface area (Å²) in [5.41, 5.74) is 1.02. The summed E-state index contributed by atoms with van der Waals surface area (Å²) in [4.78, 5) is 2.47. The van der Waals surface area contributed by atoms with Crippen LogP contribution in [0.3, 0.4) is 0 Å². The lowest BCUT2D eigenvalue weighted by Gasteiger charge is -2.36. The van der Waals surface area contributed by atoms with E-state index in [0.29, 0.717) is 5.75 Å². The van der Waals surface area contributed by atoms with Gasteiger partial charge in [0.25, 0.3) is 0 Å². The van der Waals surface area contributed by atoms with Gasteiger partial charge in [0.1, 0.15) is 5.75 Å². The number of piperidine rings is 1. The molecule has 0 bridgehead atoms. The zero-order valence-corrected chi connectivity index (χ0v) is 12.1. The summed E-state index contributed by atoms with van der Waals surface area (Å²) >= 11 is 3.47. The first-order valence-corrected chi connectivity index (χ1v) is 7.09. The largest absolute Gasteiger partial charge is 0.508 e. The molecular formula is C14H20BrNO. The van der Waals surface area contributed by atoms with Gasteiger partial charge in [0.2, 0.25) is 0 Å². The van der Waals surface area contributed by atoms with Crippen LogP contribution in [-0.4, -0.2) is 23.1 Å². The molecule has 1 aromatic carbocycles. The minimum absolute atomic E-state index is 0.287. The molecule has 0 amide bonds. The van der Waals surface area contributed by atoms with Gasteiger partial charge in [-0.2, -0.15) is 0 Å². The van der Waals surface area contributed by atoms with Gasteiger partial charge >= 0.3 is 0 Å². The molecule has 2 rings (SSSR count). The second kappa shape index (κ2) is 5.40. The van der Waals surface area contributed by atoms with E-state index >= 15 is 0 Å². The van der Waals surface area contributed by atoms with Crippen molar-refractivity contribution in [3.05, 3.63) is 28.2 Å². The molecule has 1 heterocycles. The van der Waals surface area contributed by atoms with Gasteiger partial charge in [-0.15, -0.1) is 0 Å². The number of nitrogens with zero attached hydrogens (tertiary/aromatic N) is 1. The molecule has 2 unspecified atom stereocenters. The van der Waals surface area contributed by atoms with E-state index in [1.807, 2.05) is 12.1 Å². The predicted octanol–water partition coefficient (Wildman–Crippen LogP) is 3.95. The molecule has 1 fully saturated rings. The first kappa shape index (κ1) is 12.9. The highest BCUT2D eigenvalue weighted by Gasteiger charge is 2.23. The summed E-state index contributed by atoms with van der Waals surface area (Å²) < 4.78 is 1.03.